The Balaban J connectivity index is 1.61. The number of halogens is 3. The molecule has 0 aliphatic rings. The van der Waals surface area contributed by atoms with Crippen molar-refractivity contribution in [1.82, 2.24) is 4.90 Å². The number of unbranched alkanes of at least 4 members (excludes halogenated alkanes) is 4. The van der Waals surface area contributed by atoms with E-state index in [2.05, 4.69) is 13.8 Å². The van der Waals surface area contributed by atoms with Gasteiger partial charge in [-0.25, -0.2) is 4.79 Å². The zero-order valence-electron chi connectivity index (χ0n) is 22.9. The van der Waals surface area contributed by atoms with Crippen molar-refractivity contribution in [2.75, 3.05) is 6.61 Å². The van der Waals surface area contributed by atoms with E-state index in [0.717, 1.165) is 40.3 Å². The SMILES string of the molecule is CCCCCCCOc1ccc(C(C)c2ccc(CN(Cc3ccc(C(F)(F)F)cc3)C(=O)C(=O)O)cc2)cc1. The minimum atomic E-state index is -4.47. The van der Waals surface area contributed by atoms with Crippen molar-refractivity contribution in [3.05, 3.63) is 101 Å². The summed E-state index contributed by atoms with van der Waals surface area (Å²) in [6, 6.07) is 19.9. The lowest BCUT2D eigenvalue weighted by Crippen LogP contribution is -2.35. The largest absolute Gasteiger partial charge is 0.494 e. The summed E-state index contributed by atoms with van der Waals surface area (Å²) in [6.07, 6.45) is 1.47. The average molecular weight is 556 g/mol. The van der Waals surface area contributed by atoms with Gasteiger partial charge >= 0.3 is 18.1 Å². The fraction of sp³-hybridized carbons (Fsp3) is 0.375. The van der Waals surface area contributed by atoms with Crippen LogP contribution < -0.4 is 4.74 Å². The van der Waals surface area contributed by atoms with Crippen molar-refractivity contribution in [2.24, 2.45) is 0 Å². The standard InChI is InChI=1S/C32H36F3NO4/c1-3-4-5-6-7-20-40-29-18-14-27(15-19-29)23(2)26-12-8-24(9-13-26)21-36(30(37)31(38)39)22-25-10-16-28(17-11-25)32(33,34)35/h8-19,23H,3-7,20-22H2,1-2H3,(H,38,39). The number of benzene rings is 3. The van der Waals surface area contributed by atoms with E-state index < -0.39 is 23.6 Å². The van der Waals surface area contributed by atoms with Gasteiger partial charge in [0.1, 0.15) is 5.75 Å². The summed E-state index contributed by atoms with van der Waals surface area (Å²) in [6.45, 7) is 4.87. The number of carboxylic acid groups (broad SMARTS) is 1. The first-order valence-corrected chi connectivity index (χ1v) is 13.6. The Kier molecular flexibility index (Phi) is 11.2. The first kappa shape index (κ1) is 30.7. The monoisotopic (exact) mass is 555 g/mol. The van der Waals surface area contributed by atoms with E-state index in [4.69, 9.17) is 4.74 Å². The smallest absolute Gasteiger partial charge is 0.416 e. The summed E-state index contributed by atoms with van der Waals surface area (Å²) >= 11 is 0. The van der Waals surface area contributed by atoms with Gasteiger partial charge in [-0.3, -0.25) is 4.79 Å². The molecule has 0 aliphatic carbocycles. The fourth-order valence-electron chi connectivity index (χ4n) is 4.43. The number of aliphatic carboxylic acids is 1. The van der Waals surface area contributed by atoms with Crippen molar-refractivity contribution in [3.63, 3.8) is 0 Å². The molecule has 5 nitrogen and oxygen atoms in total. The molecular weight excluding hydrogens is 519 g/mol. The Morgan fingerprint density at radius 3 is 1.80 bits per heavy atom. The Hall–Kier alpha value is -3.81. The molecule has 214 valence electrons. The second kappa shape index (κ2) is 14.5. The number of hydrogen-bond donors (Lipinski definition) is 1. The number of carboxylic acids is 1. The van der Waals surface area contributed by atoms with Crippen molar-refractivity contribution in [2.45, 2.75) is 71.1 Å². The number of alkyl halides is 3. The normalized spacial score (nSPS) is 12.1. The van der Waals surface area contributed by atoms with Crippen molar-refractivity contribution in [1.29, 1.82) is 0 Å². The molecule has 0 saturated heterocycles. The molecule has 3 aromatic carbocycles. The van der Waals surface area contributed by atoms with Crippen molar-refractivity contribution < 1.29 is 32.6 Å². The molecule has 1 unspecified atom stereocenters. The third kappa shape index (κ3) is 9.14. The van der Waals surface area contributed by atoms with Gasteiger partial charge < -0.3 is 14.7 Å². The third-order valence-electron chi connectivity index (χ3n) is 6.87. The highest BCUT2D eigenvalue weighted by Crippen LogP contribution is 2.30. The van der Waals surface area contributed by atoms with E-state index in [0.29, 0.717) is 17.7 Å². The van der Waals surface area contributed by atoms with Crippen molar-refractivity contribution in [3.8, 4) is 5.75 Å². The van der Waals surface area contributed by atoms with Gasteiger partial charge in [0.05, 0.1) is 12.2 Å². The Labute approximate surface area is 233 Å². The molecule has 0 aromatic heterocycles. The molecule has 40 heavy (non-hydrogen) atoms. The highest BCUT2D eigenvalue weighted by atomic mass is 19.4. The second-order valence-electron chi connectivity index (χ2n) is 9.96. The zero-order valence-corrected chi connectivity index (χ0v) is 22.9. The van der Waals surface area contributed by atoms with Gasteiger partial charge in [-0.2, -0.15) is 13.2 Å². The lowest BCUT2D eigenvalue weighted by atomic mass is 9.92. The van der Waals surface area contributed by atoms with E-state index in [-0.39, 0.29) is 19.0 Å². The van der Waals surface area contributed by atoms with Crippen LogP contribution in [0.15, 0.2) is 72.8 Å². The minimum Gasteiger partial charge on any atom is -0.494 e. The maximum atomic E-state index is 12.9. The first-order valence-electron chi connectivity index (χ1n) is 13.6. The molecule has 0 fully saturated rings. The number of ether oxygens (including phenoxy) is 1. The second-order valence-corrected chi connectivity index (χ2v) is 9.96. The van der Waals surface area contributed by atoms with Gasteiger partial charge in [0.25, 0.3) is 0 Å². The van der Waals surface area contributed by atoms with Crippen LogP contribution in [-0.2, 0) is 28.9 Å². The van der Waals surface area contributed by atoms with Crippen LogP contribution in [0.1, 0.15) is 79.7 Å². The maximum absolute atomic E-state index is 12.9. The summed E-state index contributed by atoms with van der Waals surface area (Å²) in [7, 11) is 0. The predicted molar refractivity (Wildman–Crippen MR) is 148 cm³/mol. The van der Waals surface area contributed by atoms with Gasteiger partial charge in [0.15, 0.2) is 0 Å². The molecular formula is C32H36F3NO4. The number of amides is 1. The number of carbonyl (C=O) groups excluding carboxylic acids is 1. The molecule has 0 aliphatic heterocycles. The number of nitrogens with zero attached hydrogens (tertiary/aromatic N) is 1. The van der Waals surface area contributed by atoms with E-state index in [1.165, 1.54) is 37.8 Å². The van der Waals surface area contributed by atoms with Crippen LogP contribution in [-0.4, -0.2) is 28.5 Å². The number of hydrogen-bond acceptors (Lipinski definition) is 3. The molecule has 3 aromatic rings. The molecule has 1 N–H and O–H groups in total. The molecule has 0 spiro atoms. The minimum absolute atomic E-state index is 0.00525. The first-order chi connectivity index (χ1) is 19.1. The molecule has 3 rings (SSSR count). The van der Waals surface area contributed by atoms with E-state index in [9.17, 15) is 27.9 Å². The van der Waals surface area contributed by atoms with Crippen LogP contribution in [0.2, 0.25) is 0 Å². The topological polar surface area (TPSA) is 66.8 Å². The van der Waals surface area contributed by atoms with Gasteiger partial charge in [-0.1, -0.05) is 88.1 Å². The van der Waals surface area contributed by atoms with Crippen LogP contribution in [0.4, 0.5) is 13.2 Å². The lowest BCUT2D eigenvalue weighted by Gasteiger charge is -2.22. The summed E-state index contributed by atoms with van der Waals surface area (Å²) in [5, 5.41) is 9.26. The fourth-order valence-corrected chi connectivity index (χ4v) is 4.43. The Morgan fingerprint density at radius 2 is 1.30 bits per heavy atom. The summed E-state index contributed by atoms with van der Waals surface area (Å²) < 4.78 is 44.4. The van der Waals surface area contributed by atoms with Crippen LogP contribution in [0.5, 0.6) is 5.75 Å². The van der Waals surface area contributed by atoms with E-state index >= 15 is 0 Å². The molecule has 0 bridgehead atoms. The van der Waals surface area contributed by atoms with Gasteiger partial charge in [-0.15, -0.1) is 0 Å². The summed E-state index contributed by atoms with van der Waals surface area (Å²) in [5.41, 5.74) is 2.47. The Bertz CT molecular complexity index is 1220. The average Bonchev–Trinajstić information content (AvgIpc) is 2.94. The zero-order chi connectivity index (χ0) is 29.1. The molecule has 8 heteroatoms. The highest BCUT2D eigenvalue weighted by molar-refractivity contribution is 6.31. The van der Waals surface area contributed by atoms with Crippen LogP contribution in [0, 0.1) is 0 Å². The maximum Gasteiger partial charge on any atom is 0.416 e. The third-order valence-corrected chi connectivity index (χ3v) is 6.87. The van der Waals surface area contributed by atoms with Crippen LogP contribution >= 0.6 is 0 Å². The molecule has 0 saturated carbocycles. The highest BCUT2D eigenvalue weighted by Gasteiger charge is 2.30. The van der Waals surface area contributed by atoms with Gasteiger partial charge in [0, 0.05) is 19.0 Å². The summed E-state index contributed by atoms with van der Waals surface area (Å²) in [5.74, 6) is -1.80. The quantitative estimate of drug-likeness (QED) is 0.173. The molecule has 0 radical (unpaired) electrons. The van der Waals surface area contributed by atoms with E-state index in [1.54, 1.807) is 0 Å². The predicted octanol–water partition coefficient (Wildman–Crippen LogP) is 7.82. The Morgan fingerprint density at radius 1 is 0.800 bits per heavy atom. The number of rotatable bonds is 13. The van der Waals surface area contributed by atoms with Crippen LogP contribution in [0.3, 0.4) is 0 Å². The summed E-state index contributed by atoms with van der Waals surface area (Å²) in [4.78, 5) is 24.8. The van der Waals surface area contributed by atoms with Gasteiger partial charge in [-0.05, 0) is 52.9 Å². The van der Waals surface area contributed by atoms with Gasteiger partial charge in [0.2, 0.25) is 0 Å². The molecule has 1 amide bonds. The van der Waals surface area contributed by atoms with Crippen LogP contribution in [0.25, 0.3) is 0 Å². The number of carbonyl (C=O) groups is 2. The lowest BCUT2D eigenvalue weighted by molar-refractivity contribution is -0.156. The molecule has 1 atom stereocenters. The van der Waals surface area contributed by atoms with Crippen molar-refractivity contribution >= 4 is 11.9 Å². The van der Waals surface area contributed by atoms with E-state index in [1.807, 2.05) is 48.5 Å². The molecule has 0 heterocycles.